The lowest BCUT2D eigenvalue weighted by atomic mass is 10.0. The molecular weight excluding hydrogens is 388 g/mol. The molecule has 0 unspecified atom stereocenters. The van der Waals surface area contributed by atoms with E-state index in [1.165, 1.54) is 33.5 Å². The van der Waals surface area contributed by atoms with Gasteiger partial charge in [0.2, 0.25) is 5.75 Å². The summed E-state index contributed by atoms with van der Waals surface area (Å²) in [6, 6.07) is 8.85. The number of rotatable bonds is 8. The van der Waals surface area contributed by atoms with Crippen molar-refractivity contribution in [3.8, 4) is 23.0 Å². The summed E-state index contributed by atoms with van der Waals surface area (Å²) in [5.41, 5.74) is 6.97. The highest BCUT2D eigenvalue weighted by molar-refractivity contribution is 5.96. The van der Waals surface area contributed by atoms with Crippen LogP contribution in [0, 0.1) is 6.92 Å². The molecule has 0 aromatic heterocycles. The zero-order valence-electron chi connectivity index (χ0n) is 18.1. The van der Waals surface area contributed by atoms with E-state index in [-0.39, 0.29) is 18.1 Å². The van der Waals surface area contributed by atoms with Gasteiger partial charge in [0.05, 0.1) is 21.3 Å². The van der Waals surface area contributed by atoms with Crippen molar-refractivity contribution in [3.63, 3.8) is 0 Å². The van der Waals surface area contributed by atoms with Crippen molar-refractivity contribution in [1.82, 2.24) is 10.9 Å². The summed E-state index contributed by atoms with van der Waals surface area (Å²) in [6.07, 6.45) is 0. The van der Waals surface area contributed by atoms with Gasteiger partial charge in [-0.25, -0.2) is 0 Å². The van der Waals surface area contributed by atoms with Gasteiger partial charge in [-0.2, -0.15) is 0 Å². The average molecular weight is 416 g/mol. The SMILES string of the molecule is COc1cc(C(=O)NNC(=O)COc2cc(C)ccc2C(C)C)cc(OC)c1OC. The van der Waals surface area contributed by atoms with Crippen molar-refractivity contribution in [1.29, 1.82) is 0 Å². The average Bonchev–Trinajstić information content (AvgIpc) is 2.74. The van der Waals surface area contributed by atoms with Gasteiger partial charge in [-0.05, 0) is 42.2 Å². The molecule has 0 saturated carbocycles. The van der Waals surface area contributed by atoms with Crippen molar-refractivity contribution >= 4 is 11.8 Å². The van der Waals surface area contributed by atoms with E-state index in [0.29, 0.717) is 23.0 Å². The Hall–Kier alpha value is -3.42. The van der Waals surface area contributed by atoms with E-state index in [4.69, 9.17) is 18.9 Å². The third kappa shape index (κ3) is 5.56. The maximum atomic E-state index is 12.4. The number of benzene rings is 2. The first kappa shape index (κ1) is 22.9. The third-order valence-corrected chi connectivity index (χ3v) is 4.39. The molecule has 0 aliphatic carbocycles. The molecule has 2 N–H and O–H groups in total. The van der Waals surface area contributed by atoms with Crippen LogP contribution in [0.2, 0.25) is 0 Å². The highest BCUT2D eigenvalue weighted by atomic mass is 16.5. The summed E-state index contributed by atoms with van der Waals surface area (Å²) in [4.78, 5) is 24.6. The van der Waals surface area contributed by atoms with Gasteiger partial charge < -0.3 is 18.9 Å². The number of carbonyl (C=O) groups is 2. The highest BCUT2D eigenvalue weighted by Crippen LogP contribution is 2.38. The summed E-state index contributed by atoms with van der Waals surface area (Å²) in [5.74, 6) is 0.898. The molecule has 162 valence electrons. The number of carbonyl (C=O) groups excluding carboxylic acids is 2. The molecule has 0 spiro atoms. The van der Waals surface area contributed by atoms with Gasteiger partial charge in [-0.15, -0.1) is 0 Å². The van der Waals surface area contributed by atoms with Gasteiger partial charge >= 0.3 is 0 Å². The van der Waals surface area contributed by atoms with Crippen LogP contribution in [0.3, 0.4) is 0 Å². The normalized spacial score (nSPS) is 10.4. The van der Waals surface area contributed by atoms with E-state index in [0.717, 1.165) is 11.1 Å². The minimum atomic E-state index is -0.541. The fraction of sp³-hybridized carbons (Fsp3) is 0.364. The first-order valence-corrected chi connectivity index (χ1v) is 9.43. The molecule has 0 aliphatic heterocycles. The Morgan fingerprint density at radius 1 is 0.900 bits per heavy atom. The lowest BCUT2D eigenvalue weighted by molar-refractivity contribution is -0.123. The largest absolute Gasteiger partial charge is 0.493 e. The molecule has 30 heavy (non-hydrogen) atoms. The van der Waals surface area contributed by atoms with Crippen LogP contribution < -0.4 is 29.8 Å². The Morgan fingerprint density at radius 2 is 1.53 bits per heavy atom. The smallest absolute Gasteiger partial charge is 0.276 e. The molecule has 2 aromatic carbocycles. The number of hydrogen-bond donors (Lipinski definition) is 2. The van der Waals surface area contributed by atoms with E-state index in [2.05, 4.69) is 24.7 Å². The van der Waals surface area contributed by atoms with Crippen molar-refractivity contribution in [2.75, 3.05) is 27.9 Å². The van der Waals surface area contributed by atoms with Gasteiger partial charge in [0.1, 0.15) is 5.75 Å². The molecule has 0 radical (unpaired) electrons. The number of aryl methyl sites for hydroxylation is 1. The van der Waals surface area contributed by atoms with Crippen LogP contribution in [-0.2, 0) is 4.79 Å². The fourth-order valence-corrected chi connectivity index (χ4v) is 2.83. The van der Waals surface area contributed by atoms with E-state index >= 15 is 0 Å². The molecule has 0 bridgehead atoms. The van der Waals surface area contributed by atoms with Crippen LogP contribution >= 0.6 is 0 Å². The van der Waals surface area contributed by atoms with Crippen LogP contribution in [0.15, 0.2) is 30.3 Å². The molecule has 8 heteroatoms. The molecule has 8 nitrogen and oxygen atoms in total. The molecule has 2 rings (SSSR count). The minimum absolute atomic E-state index is 0.228. The lowest BCUT2D eigenvalue weighted by Crippen LogP contribution is -2.43. The van der Waals surface area contributed by atoms with Crippen LogP contribution in [0.25, 0.3) is 0 Å². The van der Waals surface area contributed by atoms with Gasteiger partial charge in [-0.3, -0.25) is 20.4 Å². The van der Waals surface area contributed by atoms with Crippen LogP contribution in [0.4, 0.5) is 0 Å². The zero-order valence-corrected chi connectivity index (χ0v) is 18.1. The topological polar surface area (TPSA) is 95.1 Å². The second-order valence-corrected chi connectivity index (χ2v) is 6.90. The first-order valence-electron chi connectivity index (χ1n) is 9.43. The van der Waals surface area contributed by atoms with Gasteiger partial charge in [0.25, 0.3) is 11.8 Å². The molecule has 2 amide bonds. The third-order valence-electron chi connectivity index (χ3n) is 4.39. The van der Waals surface area contributed by atoms with Crippen molar-refractivity contribution in [2.24, 2.45) is 0 Å². The minimum Gasteiger partial charge on any atom is -0.493 e. The fourth-order valence-electron chi connectivity index (χ4n) is 2.83. The monoisotopic (exact) mass is 416 g/mol. The quantitative estimate of drug-likeness (QED) is 0.643. The van der Waals surface area contributed by atoms with Gasteiger partial charge in [0, 0.05) is 5.56 Å². The number of hydrogen-bond acceptors (Lipinski definition) is 6. The number of hydrazine groups is 1. The number of ether oxygens (including phenoxy) is 4. The van der Waals surface area contributed by atoms with Crippen molar-refractivity contribution in [2.45, 2.75) is 26.7 Å². The van der Waals surface area contributed by atoms with E-state index in [9.17, 15) is 9.59 Å². The first-order chi connectivity index (χ1) is 14.3. The Balaban J connectivity index is 2.00. The predicted molar refractivity (Wildman–Crippen MR) is 112 cm³/mol. The summed E-state index contributed by atoms with van der Waals surface area (Å²) in [5, 5.41) is 0. The van der Waals surface area contributed by atoms with Crippen LogP contribution in [-0.4, -0.2) is 39.8 Å². The second kappa shape index (κ2) is 10.4. The van der Waals surface area contributed by atoms with E-state index in [1.807, 2.05) is 25.1 Å². The standard InChI is InChI=1S/C22H28N2O6/c1-13(2)16-8-7-14(3)9-17(16)30-12-20(25)23-24-22(26)15-10-18(27-4)21(29-6)19(11-15)28-5/h7-11,13H,12H2,1-6H3,(H,23,25)(H,24,26). The summed E-state index contributed by atoms with van der Waals surface area (Å²) in [6.45, 7) is 5.82. The Labute approximate surface area is 176 Å². The predicted octanol–water partition coefficient (Wildman–Crippen LogP) is 2.98. The highest BCUT2D eigenvalue weighted by Gasteiger charge is 2.17. The molecular formula is C22H28N2O6. The lowest BCUT2D eigenvalue weighted by Gasteiger charge is -2.15. The Kier molecular flexibility index (Phi) is 7.91. The molecule has 0 saturated heterocycles. The van der Waals surface area contributed by atoms with Gasteiger partial charge in [0.15, 0.2) is 18.1 Å². The summed E-state index contributed by atoms with van der Waals surface area (Å²) >= 11 is 0. The van der Waals surface area contributed by atoms with E-state index in [1.54, 1.807) is 0 Å². The second-order valence-electron chi connectivity index (χ2n) is 6.90. The zero-order chi connectivity index (χ0) is 22.3. The number of nitrogens with one attached hydrogen (secondary N) is 2. The molecule has 2 aromatic rings. The Bertz CT molecular complexity index is 885. The van der Waals surface area contributed by atoms with Gasteiger partial charge in [-0.1, -0.05) is 26.0 Å². The number of methoxy groups -OCH3 is 3. The van der Waals surface area contributed by atoms with Crippen LogP contribution in [0.1, 0.15) is 41.3 Å². The molecule has 0 atom stereocenters. The van der Waals surface area contributed by atoms with Crippen LogP contribution in [0.5, 0.6) is 23.0 Å². The summed E-state index contributed by atoms with van der Waals surface area (Å²) in [7, 11) is 4.38. The summed E-state index contributed by atoms with van der Waals surface area (Å²) < 4.78 is 21.4. The molecule has 0 fully saturated rings. The van der Waals surface area contributed by atoms with Crippen molar-refractivity contribution in [3.05, 3.63) is 47.0 Å². The maximum absolute atomic E-state index is 12.4. The number of amides is 2. The Morgan fingerprint density at radius 3 is 2.07 bits per heavy atom. The maximum Gasteiger partial charge on any atom is 0.276 e. The van der Waals surface area contributed by atoms with Crippen molar-refractivity contribution < 1.29 is 28.5 Å². The van der Waals surface area contributed by atoms with E-state index < -0.39 is 11.8 Å². The molecule has 0 aliphatic rings. The molecule has 0 heterocycles.